The molecule has 0 amide bonds. The Labute approximate surface area is 178 Å². The first-order chi connectivity index (χ1) is 14.7. The molecule has 3 aromatic rings. The van der Waals surface area contributed by atoms with Crippen molar-refractivity contribution in [2.24, 2.45) is 23.2 Å². The van der Waals surface area contributed by atoms with Gasteiger partial charge in [-0.15, -0.1) is 0 Å². The van der Waals surface area contributed by atoms with E-state index in [0.717, 1.165) is 36.6 Å². The van der Waals surface area contributed by atoms with E-state index >= 15 is 0 Å². The van der Waals surface area contributed by atoms with E-state index in [1.54, 1.807) is 7.11 Å². The first-order valence-corrected chi connectivity index (χ1v) is 11.5. The van der Waals surface area contributed by atoms with Gasteiger partial charge in [-0.2, -0.15) is 5.10 Å². The molecular weight excluding hydrogens is 370 g/mol. The van der Waals surface area contributed by atoms with Crippen molar-refractivity contribution in [3.8, 4) is 5.75 Å². The lowest BCUT2D eigenvalue weighted by molar-refractivity contribution is -0.0444. The number of fused-ring (bicyclic) bond motifs is 1. The molecule has 2 aromatic carbocycles. The lowest BCUT2D eigenvalue weighted by atomic mass is 9.49. The molecule has 4 heteroatoms. The first kappa shape index (κ1) is 18.3. The first-order valence-electron chi connectivity index (χ1n) is 11.5. The summed E-state index contributed by atoms with van der Waals surface area (Å²) in [5.41, 5.74) is 4.21. The summed E-state index contributed by atoms with van der Waals surface area (Å²) >= 11 is 0. The van der Waals surface area contributed by atoms with Crippen LogP contribution in [0.1, 0.15) is 44.1 Å². The fraction of sp³-hybridized carbons (Fsp3) is 0.500. The molecule has 0 unspecified atom stereocenters. The van der Waals surface area contributed by atoms with E-state index in [0.29, 0.717) is 5.41 Å². The zero-order chi connectivity index (χ0) is 20.1. The van der Waals surface area contributed by atoms with E-state index in [1.165, 1.54) is 60.7 Å². The van der Waals surface area contributed by atoms with Crippen LogP contribution in [0.3, 0.4) is 0 Å². The molecule has 1 aromatic heterocycles. The number of anilines is 1. The summed E-state index contributed by atoms with van der Waals surface area (Å²) in [5, 5.41) is 9.67. The number of aromatic nitrogens is 2. The molecule has 1 heterocycles. The van der Waals surface area contributed by atoms with E-state index in [2.05, 4.69) is 45.4 Å². The average molecular weight is 402 g/mol. The number of rotatable bonds is 6. The van der Waals surface area contributed by atoms with Crippen LogP contribution in [-0.4, -0.2) is 23.4 Å². The van der Waals surface area contributed by atoms with Crippen molar-refractivity contribution in [2.75, 3.05) is 19.0 Å². The van der Waals surface area contributed by atoms with Crippen LogP contribution < -0.4 is 10.1 Å². The Hall–Kier alpha value is -2.49. The number of nitrogens with zero attached hydrogens (tertiary/aromatic N) is 2. The van der Waals surface area contributed by atoms with Crippen LogP contribution in [-0.2, 0) is 6.54 Å². The number of hydrogen-bond donors (Lipinski definition) is 1. The fourth-order valence-electron chi connectivity index (χ4n) is 7.02. The number of hydrogen-bond acceptors (Lipinski definition) is 3. The van der Waals surface area contributed by atoms with Crippen LogP contribution in [0.5, 0.6) is 5.75 Å². The van der Waals surface area contributed by atoms with Crippen molar-refractivity contribution < 1.29 is 4.74 Å². The predicted molar refractivity (Wildman–Crippen MR) is 121 cm³/mol. The molecule has 0 atom stereocenters. The third-order valence-corrected chi connectivity index (χ3v) is 7.97. The highest BCUT2D eigenvalue weighted by atomic mass is 16.5. The minimum atomic E-state index is 0.558. The third-order valence-electron chi connectivity index (χ3n) is 7.97. The largest absolute Gasteiger partial charge is 0.497 e. The Morgan fingerprint density at radius 3 is 2.37 bits per heavy atom. The lowest BCUT2D eigenvalue weighted by Crippen LogP contribution is -2.49. The average Bonchev–Trinajstić information content (AvgIpc) is 3.14. The van der Waals surface area contributed by atoms with Crippen molar-refractivity contribution in [3.05, 3.63) is 54.2 Å². The number of methoxy groups -OCH3 is 1. The van der Waals surface area contributed by atoms with Gasteiger partial charge in [0.15, 0.2) is 0 Å². The Morgan fingerprint density at radius 1 is 1.00 bits per heavy atom. The SMILES string of the molecule is COc1ccc(Cn2ncc3cc(NCC45CC6CC(CC(C6)C4)C5)ccc32)cc1. The van der Waals surface area contributed by atoms with Gasteiger partial charge in [0.1, 0.15) is 5.75 Å². The van der Waals surface area contributed by atoms with Crippen LogP contribution in [0.25, 0.3) is 10.9 Å². The van der Waals surface area contributed by atoms with Crippen LogP contribution in [0.15, 0.2) is 48.7 Å². The molecule has 0 radical (unpaired) electrons. The van der Waals surface area contributed by atoms with E-state index < -0.39 is 0 Å². The van der Waals surface area contributed by atoms with Crippen molar-refractivity contribution >= 4 is 16.6 Å². The zero-order valence-electron chi connectivity index (χ0n) is 17.8. The van der Waals surface area contributed by atoms with Crippen LogP contribution in [0.4, 0.5) is 5.69 Å². The van der Waals surface area contributed by atoms with Gasteiger partial charge in [0.2, 0.25) is 0 Å². The highest BCUT2D eigenvalue weighted by Gasteiger charge is 2.50. The molecule has 0 aliphatic heterocycles. The summed E-state index contributed by atoms with van der Waals surface area (Å²) in [5.74, 6) is 3.92. The predicted octanol–water partition coefficient (Wildman–Crippen LogP) is 5.72. The van der Waals surface area contributed by atoms with Crippen LogP contribution in [0.2, 0.25) is 0 Å². The summed E-state index contributed by atoms with van der Waals surface area (Å²) in [7, 11) is 1.70. The standard InChI is InChI=1S/C26H31N3O/c1-30-24-5-2-18(3-6-24)16-29-25-7-4-23(11-22(25)15-28-29)27-17-26-12-19-8-20(13-26)10-21(9-19)14-26/h2-7,11,15,19-21,27H,8-10,12-14,16-17H2,1H3. The smallest absolute Gasteiger partial charge is 0.118 e. The fourth-order valence-corrected chi connectivity index (χ4v) is 7.02. The van der Waals surface area contributed by atoms with Gasteiger partial charge in [-0.25, -0.2) is 0 Å². The maximum absolute atomic E-state index is 5.26. The van der Waals surface area contributed by atoms with E-state index in [1.807, 2.05) is 18.3 Å². The summed E-state index contributed by atoms with van der Waals surface area (Å²) in [4.78, 5) is 0. The molecule has 4 bridgehead atoms. The molecule has 1 N–H and O–H groups in total. The maximum atomic E-state index is 5.26. The third kappa shape index (κ3) is 3.27. The van der Waals surface area contributed by atoms with Crippen LogP contribution in [0, 0.1) is 23.2 Å². The molecule has 0 saturated heterocycles. The van der Waals surface area contributed by atoms with Crippen molar-refractivity contribution in [1.29, 1.82) is 0 Å². The van der Waals surface area contributed by atoms with Gasteiger partial charge in [0, 0.05) is 17.6 Å². The van der Waals surface area contributed by atoms with Gasteiger partial charge in [0.25, 0.3) is 0 Å². The highest BCUT2D eigenvalue weighted by Crippen LogP contribution is 2.59. The van der Waals surface area contributed by atoms with Gasteiger partial charge < -0.3 is 10.1 Å². The highest BCUT2D eigenvalue weighted by molar-refractivity contribution is 5.82. The minimum Gasteiger partial charge on any atom is -0.497 e. The van der Waals surface area contributed by atoms with Crippen molar-refractivity contribution in [1.82, 2.24) is 9.78 Å². The molecule has 4 fully saturated rings. The van der Waals surface area contributed by atoms with Gasteiger partial charge in [0.05, 0.1) is 25.4 Å². The Balaban J connectivity index is 1.16. The van der Waals surface area contributed by atoms with Gasteiger partial charge in [-0.3, -0.25) is 4.68 Å². The molecule has 0 spiro atoms. The second-order valence-corrected chi connectivity index (χ2v) is 10.2. The summed E-state index contributed by atoms with van der Waals surface area (Å²) in [6.45, 7) is 1.91. The van der Waals surface area contributed by atoms with Crippen LogP contribution >= 0.6 is 0 Å². The Bertz CT molecular complexity index is 1020. The zero-order valence-corrected chi connectivity index (χ0v) is 17.8. The Kier molecular flexibility index (Phi) is 4.29. The molecule has 156 valence electrons. The monoisotopic (exact) mass is 401 g/mol. The number of ether oxygens (including phenoxy) is 1. The van der Waals surface area contributed by atoms with Gasteiger partial charge >= 0.3 is 0 Å². The second kappa shape index (κ2) is 7.04. The maximum Gasteiger partial charge on any atom is 0.118 e. The van der Waals surface area contributed by atoms with Crippen molar-refractivity contribution in [2.45, 2.75) is 45.1 Å². The molecule has 4 nitrogen and oxygen atoms in total. The van der Waals surface area contributed by atoms with E-state index in [4.69, 9.17) is 4.74 Å². The molecular formula is C26H31N3O. The lowest BCUT2D eigenvalue weighted by Gasteiger charge is -2.57. The second-order valence-electron chi connectivity index (χ2n) is 10.2. The van der Waals surface area contributed by atoms with Crippen molar-refractivity contribution in [3.63, 3.8) is 0 Å². The summed E-state index contributed by atoms with van der Waals surface area (Å²) in [6, 6.07) is 14.9. The summed E-state index contributed by atoms with van der Waals surface area (Å²) < 4.78 is 7.34. The molecule has 4 saturated carbocycles. The van der Waals surface area contributed by atoms with Gasteiger partial charge in [-0.1, -0.05) is 12.1 Å². The summed E-state index contributed by atoms with van der Waals surface area (Å²) in [6.07, 6.45) is 10.9. The van der Waals surface area contributed by atoms with E-state index in [-0.39, 0.29) is 0 Å². The molecule has 4 aliphatic rings. The topological polar surface area (TPSA) is 39.1 Å². The van der Waals surface area contributed by atoms with Gasteiger partial charge in [-0.05, 0) is 97.6 Å². The molecule has 7 rings (SSSR count). The van der Waals surface area contributed by atoms with E-state index in [9.17, 15) is 0 Å². The normalized spacial score (nSPS) is 29.4. The number of nitrogens with one attached hydrogen (secondary N) is 1. The quantitative estimate of drug-likeness (QED) is 0.574. The molecule has 30 heavy (non-hydrogen) atoms. The Morgan fingerprint density at radius 2 is 1.70 bits per heavy atom. The molecule has 4 aliphatic carbocycles. The number of benzene rings is 2. The minimum absolute atomic E-state index is 0.558.